The SMILES string of the molecule is c1cc2c(cc1CN1CCN(C3CCCN(C4CCCC4)C3)CC1)OCO2. The average molecular weight is 372 g/mol. The molecule has 1 unspecified atom stereocenters. The van der Waals surface area contributed by atoms with Crippen LogP contribution in [0.4, 0.5) is 0 Å². The van der Waals surface area contributed by atoms with Gasteiger partial charge in [0.05, 0.1) is 0 Å². The number of fused-ring (bicyclic) bond motifs is 1. The van der Waals surface area contributed by atoms with Crippen LogP contribution in [0, 0.1) is 0 Å². The van der Waals surface area contributed by atoms with Crippen LogP contribution < -0.4 is 9.47 Å². The fourth-order valence-corrected chi connectivity index (χ4v) is 5.47. The van der Waals surface area contributed by atoms with Crippen molar-refractivity contribution in [3.63, 3.8) is 0 Å². The summed E-state index contributed by atoms with van der Waals surface area (Å²) in [6.07, 6.45) is 8.56. The molecule has 0 amide bonds. The lowest BCUT2D eigenvalue weighted by molar-refractivity contribution is 0.0368. The van der Waals surface area contributed by atoms with Crippen LogP contribution in [0.15, 0.2) is 18.2 Å². The monoisotopic (exact) mass is 371 g/mol. The highest BCUT2D eigenvalue weighted by Gasteiger charge is 2.32. The minimum Gasteiger partial charge on any atom is -0.454 e. The summed E-state index contributed by atoms with van der Waals surface area (Å²) in [4.78, 5) is 8.18. The Morgan fingerprint density at radius 1 is 0.778 bits per heavy atom. The Morgan fingerprint density at radius 3 is 2.41 bits per heavy atom. The zero-order valence-corrected chi connectivity index (χ0v) is 16.4. The standard InChI is InChI=1S/C22H33N3O2/c1-2-5-19(4-1)25-9-3-6-20(16-25)24-12-10-23(11-13-24)15-18-7-8-21-22(14-18)27-17-26-21/h7-8,14,19-20H,1-6,9-13,15-17H2. The first-order valence-corrected chi connectivity index (χ1v) is 10.9. The van der Waals surface area contributed by atoms with Crippen molar-refractivity contribution in [1.29, 1.82) is 0 Å². The van der Waals surface area contributed by atoms with E-state index in [1.54, 1.807) is 0 Å². The van der Waals surface area contributed by atoms with Crippen molar-refractivity contribution in [3.05, 3.63) is 23.8 Å². The Balaban J connectivity index is 1.12. The predicted molar refractivity (Wildman–Crippen MR) is 106 cm³/mol. The van der Waals surface area contributed by atoms with Gasteiger partial charge in [-0.1, -0.05) is 18.9 Å². The van der Waals surface area contributed by atoms with E-state index in [0.29, 0.717) is 6.79 Å². The third-order valence-corrected chi connectivity index (χ3v) is 7.04. The largest absolute Gasteiger partial charge is 0.454 e. The Morgan fingerprint density at radius 2 is 1.56 bits per heavy atom. The molecule has 5 rings (SSSR count). The second kappa shape index (κ2) is 7.98. The first-order chi connectivity index (χ1) is 13.3. The van der Waals surface area contributed by atoms with Crippen molar-refractivity contribution < 1.29 is 9.47 Å². The molecule has 1 atom stereocenters. The van der Waals surface area contributed by atoms with Crippen LogP contribution in [-0.2, 0) is 6.54 Å². The van der Waals surface area contributed by atoms with Gasteiger partial charge in [0, 0.05) is 51.4 Å². The average Bonchev–Trinajstić information content (AvgIpc) is 3.40. The van der Waals surface area contributed by atoms with Crippen LogP contribution in [-0.4, -0.2) is 72.8 Å². The molecule has 0 bridgehead atoms. The van der Waals surface area contributed by atoms with Crippen LogP contribution in [0.1, 0.15) is 44.1 Å². The fourth-order valence-electron chi connectivity index (χ4n) is 5.47. The van der Waals surface area contributed by atoms with Crippen LogP contribution >= 0.6 is 0 Å². The number of rotatable bonds is 4. The molecule has 3 heterocycles. The summed E-state index contributed by atoms with van der Waals surface area (Å²) in [6, 6.07) is 8.05. The molecule has 1 aromatic rings. The van der Waals surface area contributed by atoms with Gasteiger partial charge in [-0.25, -0.2) is 0 Å². The zero-order valence-electron chi connectivity index (χ0n) is 16.4. The van der Waals surface area contributed by atoms with Gasteiger partial charge in [0.15, 0.2) is 11.5 Å². The Labute approximate surface area is 163 Å². The molecule has 1 aliphatic carbocycles. The third-order valence-electron chi connectivity index (χ3n) is 7.04. The summed E-state index contributed by atoms with van der Waals surface area (Å²) in [5.41, 5.74) is 1.33. The van der Waals surface area contributed by atoms with Crippen molar-refractivity contribution in [2.24, 2.45) is 0 Å². The third kappa shape index (κ3) is 3.96. The molecule has 0 aromatic heterocycles. The smallest absolute Gasteiger partial charge is 0.231 e. The number of hydrogen-bond donors (Lipinski definition) is 0. The molecule has 148 valence electrons. The molecule has 3 fully saturated rings. The Hall–Kier alpha value is -1.30. The molecule has 5 nitrogen and oxygen atoms in total. The van der Waals surface area contributed by atoms with E-state index in [-0.39, 0.29) is 0 Å². The van der Waals surface area contributed by atoms with Crippen LogP contribution in [0.3, 0.4) is 0 Å². The van der Waals surface area contributed by atoms with E-state index >= 15 is 0 Å². The summed E-state index contributed by atoms with van der Waals surface area (Å²) >= 11 is 0. The highest BCUT2D eigenvalue weighted by atomic mass is 16.7. The molecule has 0 N–H and O–H groups in total. The van der Waals surface area contributed by atoms with E-state index in [4.69, 9.17) is 9.47 Å². The van der Waals surface area contributed by atoms with Gasteiger partial charge in [0.1, 0.15) is 0 Å². The molecule has 3 aliphatic heterocycles. The Bertz CT molecular complexity index is 638. The van der Waals surface area contributed by atoms with E-state index in [9.17, 15) is 0 Å². The minimum atomic E-state index is 0.358. The summed E-state index contributed by atoms with van der Waals surface area (Å²) in [5.74, 6) is 1.79. The maximum Gasteiger partial charge on any atom is 0.231 e. The van der Waals surface area contributed by atoms with Crippen molar-refractivity contribution in [2.75, 3.05) is 46.1 Å². The highest BCUT2D eigenvalue weighted by molar-refractivity contribution is 5.44. The molecule has 0 radical (unpaired) electrons. The first kappa shape index (κ1) is 17.8. The van der Waals surface area contributed by atoms with E-state index < -0.39 is 0 Å². The predicted octanol–water partition coefficient (Wildman–Crippen LogP) is 2.94. The Kier molecular flexibility index (Phi) is 5.25. The van der Waals surface area contributed by atoms with Crippen molar-refractivity contribution in [2.45, 2.75) is 57.2 Å². The van der Waals surface area contributed by atoms with Gasteiger partial charge >= 0.3 is 0 Å². The maximum atomic E-state index is 5.52. The lowest BCUT2D eigenvalue weighted by Gasteiger charge is -2.45. The van der Waals surface area contributed by atoms with Crippen molar-refractivity contribution in [1.82, 2.24) is 14.7 Å². The van der Waals surface area contributed by atoms with E-state index in [1.807, 2.05) is 6.07 Å². The molecule has 0 spiro atoms. The second-order valence-electron chi connectivity index (χ2n) is 8.73. The minimum absolute atomic E-state index is 0.358. The normalized spacial score (nSPS) is 28.1. The van der Waals surface area contributed by atoms with Gasteiger partial charge in [0.2, 0.25) is 6.79 Å². The molecule has 5 heteroatoms. The van der Waals surface area contributed by atoms with Gasteiger partial charge in [-0.05, 0) is 49.9 Å². The number of benzene rings is 1. The zero-order chi connectivity index (χ0) is 18.1. The number of nitrogens with zero attached hydrogens (tertiary/aromatic N) is 3. The molecule has 4 aliphatic rings. The molecular weight excluding hydrogens is 338 g/mol. The molecule has 27 heavy (non-hydrogen) atoms. The van der Waals surface area contributed by atoms with E-state index in [2.05, 4.69) is 26.8 Å². The molecular formula is C22H33N3O2. The first-order valence-electron chi connectivity index (χ1n) is 10.9. The van der Waals surface area contributed by atoms with Crippen LogP contribution in [0.2, 0.25) is 0 Å². The molecule has 2 saturated heterocycles. The van der Waals surface area contributed by atoms with Crippen molar-refractivity contribution in [3.8, 4) is 11.5 Å². The van der Waals surface area contributed by atoms with Gasteiger partial charge in [0.25, 0.3) is 0 Å². The quantitative estimate of drug-likeness (QED) is 0.811. The topological polar surface area (TPSA) is 28.2 Å². The number of piperazine rings is 1. The van der Waals surface area contributed by atoms with E-state index in [1.165, 1.54) is 83.4 Å². The van der Waals surface area contributed by atoms with Gasteiger partial charge in [-0.3, -0.25) is 14.7 Å². The molecule has 1 saturated carbocycles. The summed E-state index contributed by atoms with van der Waals surface area (Å²) in [5, 5.41) is 0. The van der Waals surface area contributed by atoms with E-state index in [0.717, 1.165) is 30.1 Å². The number of hydrogen-bond acceptors (Lipinski definition) is 5. The number of ether oxygens (including phenoxy) is 2. The number of piperidine rings is 1. The van der Waals surface area contributed by atoms with Gasteiger partial charge in [-0.2, -0.15) is 0 Å². The lowest BCUT2D eigenvalue weighted by atomic mass is 10.0. The molecule has 1 aromatic carbocycles. The van der Waals surface area contributed by atoms with Crippen molar-refractivity contribution >= 4 is 0 Å². The van der Waals surface area contributed by atoms with Crippen LogP contribution in [0.25, 0.3) is 0 Å². The maximum absolute atomic E-state index is 5.52. The lowest BCUT2D eigenvalue weighted by Crippen LogP contribution is -2.55. The summed E-state index contributed by atoms with van der Waals surface area (Å²) in [6.45, 7) is 8.81. The highest BCUT2D eigenvalue weighted by Crippen LogP contribution is 2.33. The summed E-state index contributed by atoms with van der Waals surface area (Å²) in [7, 11) is 0. The summed E-state index contributed by atoms with van der Waals surface area (Å²) < 4.78 is 10.9. The number of likely N-dealkylation sites (tertiary alicyclic amines) is 1. The van der Waals surface area contributed by atoms with Gasteiger partial charge in [-0.15, -0.1) is 0 Å². The van der Waals surface area contributed by atoms with Gasteiger partial charge < -0.3 is 9.47 Å². The van der Waals surface area contributed by atoms with Crippen LogP contribution in [0.5, 0.6) is 11.5 Å². The second-order valence-corrected chi connectivity index (χ2v) is 8.73. The fraction of sp³-hybridized carbons (Fsp3) is 0.727.